The molecule has 2 aromatic carbocycles. The fourth-order valence-corrected chi connectivity index (χ4v) is 2.72. The highest BCUT2D eigenvalue weighted by molar-refractivity contribution is 5.97. The molecule has 0 aliphatic carbocycles. The number of aromatic nitrogens is 2. The van der Waals surface area contributed by atoms with E-state index in [1.807, 2.05) is 36.4 Å². The summed E-state index contributed by atoms with van der Waals surface area (Å²) in [5, 5.41) is 2.92. The average molecular weight is 309 g/mol. The van der Waals surface area contributed by atoms with Crippen molar-refractivity contribution in [3.63, 3.8) is 0 Å². The molecule has 0 fully saturated rings. The number of aryl methyl sites for hydroxylation is 2. The Hall–Kier alpha value is -2.82. The van der Waals surface area contributed by atoms with Gasteiger partial charge in [-0.3, -0.25) is 13.9 Å². The van der Waals surface area contributed by atoms with Crippen LogP contribution in [-0.2, 0) is 20.5 Å². The summed E-state index contributed by atoms with van der Waals surface area (Å²) in [5.41, 5.74) is 3.23. The van der Waals surface area contributed by atoms with Gasteiger partial charge in [0.15, 0.2) is 0 Å². The van der Waals surface area contributed by atoms with Gasteiger partial charge >= 0.3 is 5.69 Å². The monoisotopic (exact) mass is 309 g/mol. The Bertz CT molecular complexity index is 907. The van der Waals surface area contributed by atoms with E-state index in [0.29, 0.717) is 12.1 Å². The number of hydrogen-bond donors (Lipinski definition) is 1. The zero-order valence-electron chi connectivity index (χ0n) is 13.2. The summed E-state index contributed by atoms with van der Waals surface area (Å²) in [4.78, 5) is 24.2. The summed E-state index contributed by atoms with van der Waals surface area (Å²) < 4.78 is 3.13. The van der Waals surface area contributed by atoms with Crippen LogP contribution in [0.15, 0.2) is 53.3 Å². The topological polar surface area (TPSA) is 56.0 Å². The van der Waals surface area contributed by atoms with E-state index in [4.69, 9.17) is 0 Å². The van der Waals surface area contributed by atoms with Crippen LogP contribution < -0.4 is 11.0 Å². The second-order valence-electron chi connectivity index (χ2n) is 5.60. The lowest BCUT2D eigenvalue weighted by Gasteiger charge is -2.06. The normalized spacial score (nSPS) is 10.9. The summed E-state index contributed by atoms with van der Waals surface area (Å²) in [5.74, 6) is -0.126. The molecule has 3 aromatic rings. The standard InChI is InChI=1S/C18H19N3O2/c1-20-15-9-8-14(12-16(15)21(2)18(20)23)17(22)19-11-10-13-6-4-3-5-7-13/h3-9,12H,10-11H2,1-2H3,(H,19,22). The maximum atomic E-state index is 12.3. The number of fused-ring (bicyclic) bond motifs is 1. The Morgan fingerprint density at radius 1 is 1.00 bits per heavy atom. The van der Waals surface area contributed by atoms with Crippen LogP contribution >= 0.6 is 0 Å². The number of carbonyl (C=O) groups excluding carboxylic acids is 1. The quantitative estimate of drug-likeness (QED) is 0.799. The largest absolute Gasteiger partial charge is 0.352 e. The Balaban J connectivity index is 1.74. The number of hydrogen-bond acceptors (Lipinski definition) is 2. The van der Waals surface area contributed by atoms with Gasteiger partial charge in [-0.1, -0.05) is 30.3 Å². The Labute approximate surface area is 134 Å². The van der Waals surface area contributed by atoms with Crippen molar-refractivity contribution in [2.24, 2.45) is 14.1 Å². The number of benzene rings is 2. The summed E-state index contributed by atoms with van der Waals surface area (Å²) in [7, 11) is 3.44. The molecule has 23 heavy (non-hydrogen) atoms. The van der Waals surface area contributed by atoms with Crippen molar-refractivity contribution in [2.45, 2.75) is 6.42 Å². The molecule has 0 saturated heterocycles. The molecule has 1 aromatic heterocycles. The molecule has 0 radical (unpaired) electrons. The van der Waals surface area contributed by atoms with E-state index >= 15 is 0 Å². The number of rotatable bonds is 4. The molecule has 0 unspecified atom stereocenters. The lowest BCUT2D eigenvalue weighted by molar-refractivity contribution is 0.0954. The first-order chi connectivity index (χ1) is 11.1. The van der Waals surface area contributed by atoms with Crippen LogP contribution in [0.5, 0.6) is 0 Å². The number of carbonyl (C=O) groups is 1. The van der Waals surface area contributed by atoms with Gasteiger partial charge in [-0.2, -0.15) is 0 Å². The second kappa shape index (κ2) is 6.12. The number of nitrogens with zero attached hydrogens (tertiary/aromatic N) is 2. The van der Waals surface area contributed by atoms with Crippen molar-refractivity contribution in [1.82, 2.24) is 14.5 Å². The molecule has 1 amide bonds. The minimum Gasteiger partial charge on any atom is -0.352 e. The van der Waals surface area contributed by atoms with Gasteiger partial charge in [0.1, 0.15) is 0 Å². The first kappa shape index (κ1) is 15.1. The molecule has 0 bridgehead atoms. The van der Waals surface area contributed by atoms with E-state index in [0.717, 1.165) is 17.5 Å². The fourth-order valence-electron chi connectivity index (χ4n) is 2.72. The van der Waals surface area contributed by atoms with Crippen LogP contribution in [-0.4, -0.2) is 21.6 Å². The van der Waals surface area contributed by atoms with E-state index < -0.39 is 0 Å². The molecule has 1 heterocycles. The van der Waals surface area contributed by atoms with E-state index in [-0.39, 0.29) is 11.6 Å². The molecule has 1 N–H and O–H groups in total. The van der Waals surface area contributed by atoms with Crippen molar-refractivity contribution < 1.29 is 4.79 Å². The smallest absolute Gasteiger partial charge is 0.328 e. The van der Waals surface area contributed by atoms with Gasteiger partial charge in [0, 0.05) is 26.2 Å². The van der Waals surface area contributed by atoms with Gasteiger partial charge in [-0.25, -0.2) is 4.79 Å². The SMILES string of the molecule is Cn1c(=O)n(C)c2cc(C(=O)NCCc3ccccc3)ccc21. The molecule has 0 spiro atoms. The molecule has 5 nitrogen and oxygen atoms in total. The van der Waals surface area contributed by atoms with E-state index in [2.05, 4.69) is 5.32 Å². The third-order valence-electron chi connectivity index (χ3n) is 4.08. The first-order valence-corrected chi connectivity index (χ1v) is 7.55. The van der Waals surface area contributed by atoms with Crippen molar-refractivity contribution in [2.75, 3.05) is 6.54 Å². The predicted octanol–water partition coefficient (Wildman–Crippen LogP) is 1.85. The molecular weight excluding hydrogens is 290 g/mol. The van der Waals surface area contributed by atoms with Crippen molar-refractivity contribution in [3.8, 4) is 0 Å². The number of nitrogens with one attached hydrogen (secondary N) is 1. The lowest BCUT2D eigenvalue weighted by atomic mass is 10.1. The third-order valence-corrected chi connectivity index (χ3v) is 4.08. The van der Waals surface area contributed by atoms with Crippen LogP contribution in [0.1, 0.15) is 15.9 Å². The second-order valence-corrected chi connectivity index (χ2v) is 5.60. The molecule has 0 aliphatic rings. The summed E-state index contributed by atoms with van der Waals surface area (Å²) in [6, 6.07) is 15.3. The van der Waals surface area contributed by atoms with Crippen molar-refractivity contribution >= 4 is 16.9 Å². The summed E-state index contributed by atoms with van der Waals surface area (Å²) in [6.45, 7) is 0.578. The number of amides is 1. The Morgan fingerprint density at radius 2 is 1.70 bits per heavy atom. The fraction of sp³-hybridized carbons (Fsp3) is 0.222. The van der Waals surface area contributed by atoms with Crippen LogP contribution in [0, 0.1) is 0 Å². The summed E-state index contributed by atoms with van der Waals surface area (Å²) in [6.07, 6.45) is 0.790. The zero-order valence-corrected chi connectivity index (χ0v) is 13.2. The highest BCUT2D eigenvalue weighted by Crippen LogP contribution is 2.14. The van der Waals surface area contributed by atoms with Gasteiger partial charge in [0.05, 0.1) is 11.0 Å². The minimum atomic E-state index is -0.126. The highest BCUT2D eigenvalue weighted by Gasteiger charge is 2.11. The molecular formula is C18H19N3O2. The predicted molar refractivity (Wildman–Crippen MR) is 90.6 cm³/mol. The van der Waals surface area contributed by atoms with Gasteiger partial charge < -0.3 is 5.32 Å². The van der Waals surface area contributed by atoms with Gasteiger partial charge in [0.25, 0.3) is 5.91 Å². The highest BCUT2D eigenvalue weighted by atomic mass is 16.2. The molecule has 0 saturated carbocycles. The van der Waals surface area contributed by atoms with Crippen molar-refractivity contribution in [3.05, 3.63) is 70.1 Å². The number of imidazole rings is 1. The summed E-state index contributed by atoms with van der Waals surface area (Å²) >= 11 is 0. The van der Waals surface area contributed by atoms with Crippen LogP contribution in [0.2, 0.25) is 0 Å². The third kappa shape index (κ3) is 2.90. The van der Waals surface area contributed by atoms with Crippen LogP contribution in [0.3, 0.4) is 0 Å². The molecule has 5 heteroatoms. The molecule has 0 aliphatic heterocycles. The maximum Gasteiger partial charge on any atom is 0.328 e. The van der Waals surface area contributed by atoms with Crippen LogP contribution in [0.25, 0.3) is 11.0 Å². The Morgan fingerprint density at radius 3 is 2.43 bits per heavy atom. The average Bonchev–Trinajstić information content (AvgIpc) is 2.80. The van der Waals surface area contributed by atoms with E-state index in [1.54, 1.807) is 35.4 Å². The van der Waals surface area contributed by atoms with Gasteiger partial charge in [-0.15, -0.1) is 0 Å². The van der Waals surface area contributed by atoms with E-state index in [9.17, 15) is 9.59 Å². The molecule has 0 atom stereocenters. The molecule has 118 valence electrons. The zero-order chi connectivity index (χ0) is 16.4. The maximum absolute atomic E-state index is 12.3. The first-order valence-electron chi connectivity index (χ1n) is 7.55. The van der Waals surface area contributed by atoms with E-state index in [1.165, 1.54) is 5.56 Å². The minimum absolute atomic E-state index is 0.0957. The Kier molecular flexibility index (Phi) is 4.02. The van der Waals surface area contributed by atoms with Crippen LogP contribution in [0.4, 0.5) is 0 Å². The van der Waals surface area contributed by atoms with Gasteiger partial charge in [-0.05, 0) is 30.2 Å². The lowest BCUT2D eigenvalue weighted by Crippen LogP contribution is -2.25. The molecule has 3 rings (SSSR count). The van der Waals surface area contributed by atoms with Gasteiger partial charge in [0.2, 0.25) is 0 Å². The van der Waals surface area contributed by atoms with Crippen molar-refractivity contribution in [1.29, 1.82) is 0 Å².